The number of nitro groups is 1. The van der Waals surface area contributed by atoms with Crippen molar-refractivity contribution in [2.75, 3.05) is 25.0 Å². The summed E-state index contributed by atoms with van der Waals surface area (Å²) in [4.78, 5) is 10.3. The van der Waals surface area contributed by atoms with E-state index in [0.717, 1.165) is 25.3 Å². The van der Waals surface area contributed by atoms with E-state index >= 15 is 0 Å². The number of nitro benzene ring substituents is 1. The van der Waals surface area contributed by atoms with E-state index in [1.807, 2.05) is 28.7 Å². The number of benzene rings is 1. The number of hydrogen-bond donors (Lipinski definition) is 2. The van der Waals surface area contributed by atoms with Crippen molar-refractivity contribution in [3.05, 3.63) is 31.9 Å². The Labute approximate surface area is 113 Å². The van der Waals surface area contributed by atoms with Crippen molar-refractivity contribution >= 4 is 34.0 Å². The molecular weight excluding hydrogens is 333 g/mol. The molecule has 0 amide bonds. The maximum atomic E-state index is 10.7. The van der Waals surface area contributed by atoms with Crippen molar-refractivity contribution in [2.45, 2.75) is 6.42 Å². The molecule has 1 saturated heterocycles. The minimum absolute atomic E-state index is 0.165. The Bertz CT molecular complexity index is 419. The van der Waals surface area contributed by atoms with Gasteiger partial charge in [-0.05, 0) is 60.2 Å². The van der Waals surface area contributed by atoms with E-state index in [9.17, 15) is 10.1 Å². The molecule has 1 aliphatic heterocycles. The van der Waals surface area contributed by atoms with Gasteiger partial charge in [0.25, 0.3) is 5.69 Å². The molecule has 1 heterocycles. The molecule has 1 fully saturated rings. The molecule has 1 unspecified atom stereocenters. The van der Waals surface area contributed by atoms with Crippen LogP contribution in [0.3, 0.4) is 0 Å². The standard InChI is InChI=1S/C11H14IN3O2/c12-10-5-9(1-2-11(10)15(16)17)14-7-8-3-4-13-6-8/h1-2,5,8,13-14H,3-4,6-7H2. The highest BCUT2D eigenvalue weighted by atomic mass is 127. The number of halogens is 1. The van der Waals surface area contributed by atoms with Gasteiger partial charge < -0.3 is 10.6 Å². The number of anilines is 1. The Kier molecular flexibility index (Phi) is 4.16. The van der Waals surface area contributed by atoms with Crippen LogP contribution in [0.1, 0.15) is 6.42 Å². The number of rotatable bonds is 4. The van der Waals surface area contributed by atoms with Crippen molar-refractivity contribution < 1.29 is 4.92 Å². The maximum Gasteiger partial charge on any atom is 0.282 e. The average molecular weight is 347 g/mol. The lowest BCUT2D eigenvalue weighted by Gasteiger charge is -2.11. The Balaban J connectivity index is 1.97. The molecule has 0 saturated carbocycles. The summed E-state index contributed by atoms with van der Waals surface area (Å²) in [7, 11) is 0. The highest BCUT2D eigenvalue weighted by molar-refractivity contribution is 14.1. The molecule has 1 aromatic rings. The normalized spacial score (nSPS) is 19.2. The molecule has 0 radical (unpaired) electrons. The van der Waals surface area contributed by atoms with Crippen molar-refractivity contribution in [1.82, 2.24) is 5.32 Å². The summed E-state index contributed by atoms with van der Waals surface area (Å²) in [6.07, 6.45) is 1.19. The Morgan fingerprint density at radius 2 is 2.41 bits per heavy atom. The zero-order valence-electron chi connectivity index (χ0n) is 9.28. The minimum atomic E-state index is -0.355. The minimum Gasteiger partial charge on any atom is -0.385 e. The summed E-state index contributed by atoms with van der Waals surface area (Å²) in [5, 5.41) is 17.3. The van der Waals surface area contributed by atoms with E-state index in [4.69, 9.17) is 0 Å². The lowest BCUT2D eigenvalue weighted by atomic mass is 10.1. The highest BCUT2D eigenvalue weighted by Gasteiger charge is 2.15. The predicted octanol–water partition coefficient (Wildman–Crippen LogP) is 2.22. The van der Waals surface area contributed by atoms with Crippen molar-refractivity contribution in [2.24, 2.45) is 5.92 Å². The van der Waals surface area contributed by atoms with E-state index in [2.05, 4.69) is 10.6 Å². The fourth-order valence-electron chi connectivity index (χ4n) is 1.92. The van der Waals surface area contributed by atoms with Crippen molar-refractivity contribution in [3.8, 4) is 0 Å². The number of hydrogen-bond acceptors (Lipinski definition) is 4. The second-order valence-corrected chi connectivity index (χ2v) is 5.33. The number of nitrogens with zero attached hydrogens (tertiary/aromatic N) is 1. The summed E-state index contributed by atoms with van der Waals surface area (Å²) in [5.41, 5.74) is 1.12. The van der Waals surface area contributed by atoms with Crippen LogP contribution < -0.4 is 10.6 Å². The first-order valence-electron chi connectivity index (χ1n) is 5.55. The van der Waals surface area contributed by atoms with Gasteiger partial charge >= 0.3 is 0 Å². The molecule has 0 aliphatic carbocycles. The predicted molar refractivity (Wildman–Crippen MR) is 75.3 cm³/mol. The molecule has 1 atom stereocenters. The quantitative estimate of drug-likeness (QED) is 0.498. The zero-order chi connectivity index (χ0) is 12.3. The Morgan fingerprint density at radius 3 is 3.00 bits per heavy atom. The van der Waals surface area contributed by atoms with Crippen LogP contribution >= 0.6 is 22.6 Å². The summed E-state index contributed by atoms with van der Waals surface area (Å²) in [5.74, 6) is 0.655. The molecule has 2 rings (SSSR count). The summed E-state index contributed by atoms with van der Waals surface area (Å²) in [6.45, 7) is 3.06. The fraction of sp³-hybridized carbons (Fsp3) is 0.455. The molecule has 0 spiro atoms. The van der Waals surface area contributed by atoms with Crippen LogP contribution in [0.4, 0.5) is 11.4 Å². The van der Waals surface area contributed by atoms with E-state index < -0.39 is 0 Å². The molecule has 17 heavy (non-hydrogen) atoms. The summed E-state index contributed by atoms with van der Waals surface area (Å²) < 4.78 is 0.669. The molecule has 2 N–H and O–H groups in total. The average Bonchev–Trinajstić information content (AvgIpc) is 2.78. The van der Waals surface area contributed by atoms with Gasteiger partial charge in [0.15, 0.2) is 0 Å². The first-order valence-corrected chi connectivity index (χ1v) is 6.63. The van der Waals surface area contributed by atoms with Crippen LogP contribution in [0.2, 0.25) is 0 Å². The zero-order valence-corrected chi connectivity index (χ0v) is 11.4. The third kappa shape index (κ3) is 3.29. The van der Waals surface area contributed by atoms with E-state index in [-0.39, 0.29) is 10.6 Å². The van der Waals surface area contributed by atoms with Crippen LogP contribution in [0.5, 0.6) is 0 Å². The van der Waals surface area contributed by atoms with Gasteiger partial charge in [-0.2, -0.15) is 0 Å². The first-order chi connectivity index (χ1) is 8.16. The van der Waals surface area contributed by atoms with Gasteiger partial charge in [0.1, 0.15) is 0 Å². The topological polar surface area (TPSA) is 67.2 Å². The van der Waals surface area contributed by atoms with Crippen molar-refractivity contribution in [1.29, 1.82) is 0 Å². The van der Waals surface area contributed by atoms with E-state index in [1.165, 1.54) is 6.42 Å². The third-order valence-electron chi connectivity index (χ3n) is 2.90. The monoisotopic (exact) mass is 347 g/mol. The van der Waals surface area contributed by atoms with Gasteiger partial charge in [-0.15, -0.1) is 0 Å². The smallest absolute Gasteiger partial charge is 0.282 e. The Morgan fingerprint density at radius 1 is 1.59 bits per heavy atom. The van der Waals surface area contributed by atoms with Crippen LogP contribution in [0.25, 0.3) is 0 Å². The lowest BCUT2D eigenvalue weighted by Crippen LogP contribution is -2.17. The molecule has 92 valence electrons. The molecule has 6 heteroatoms. The summed E-state index contributed by atoms with van der Waals surface area (Å²) in [6, 6.07) is 5.14. The van der Waals surface area contributed by atoms with Crippen LogP contribution in [-0.2, 0) is 0 Å². The first kappa shape index (κ1) is 12.6. The lowest BCUT2D eigenvalue weighted by molar-refractivity contribution is -0.385. The van der Waals surface area contributed by atoms with Crippen molar-refractivity contribution in [3.63, 3.8) is 0 Å². The SMILES string of the molecule is O=[N+]([O-])c1ccc(NCC2CCNC2)cc1I. The van der Waals surface area contributed by atoms with E-state index in [1.54, 1.807) is 12.1 Å². The van der Waals surface area contributed by atoms with Gasteiger partial charge in [-0.1, -0.05) is 0 Å². The molecule has 5 nitrogen and oxygen atoms in total. The largest absolute Gasteiger partial charge is 0.385 e. The molecule has 1 aromatic carbocycles. The number of nitrogens with one attached hydrogen (secondary N) is 2. The van der Waals surface area contributed by atoms with Crippen LogP contribution in [0, 0.1) is 19.6 Å². The molecule has 0 aromatic heterocycles. The van der Waals surface area contributed by atoms with Gasteiger partial charge in [0.05, 0.1) is 8.49 Å². The highest BCUT2D eigenvalue weighted by Crippen LogP contribution is 2.24. The van der Waals surface area contributed by atoms with E-state index in [0.29, 0.717) is 9.49 Å². The summed E-state index contributed by atoms with van der Waals surface area (Å²) >= 11 is 2.00. The molecule has 1 aliphatic rings. The van der Waals surface area contributed by atoms with Gasteiger partial charge in [0, 0.05) is 18.3 Å². The second kappa shape index (κ2) is 5.63. The maximum absolute atomic E-state index is 10.7. The Hall–Kier alpha value is -0.890. The van der Waals surface area contributed by atoms with Gasteiger partial charge in [-0.25, -0.2) is 0 Å². The molecule has 0 bridgehead atoms. The third-order valence-corrected chi connectivity index (χ3v) is 3.77. The fourth-order valence-corrected chi connectivity index (χ4v) is 2.63. The van der Waals surface area contributed by atoms with Crippen LogP contribution in [-0.4, -0.2) is 24.6 Å². The van der Waals surface area contributed by atoms with Gasteiger partial charge in [-0.3, -0.25) is 10.1 Å². The second-order valence-electron chi connectivity index (χ2n) is 4.16. The molecular formula is C11H14IN3O2. The van der Waals surface area contributed by atoms with Gasteiger partial charge in [0.2, 0.25) is 0 Å². The van der Waals surface area contributed by atoms with Crippen LogP contribution in [0.15, 0.2) is 18.2 Å².